The Morgan fingerprint density at radius 1 is 0.959 bits per heavy atom. The van der Waals surface area contributed by atoms with Crippen LogP contribution in [-0.4, -0.2) is 118 Å². The summed E-state index contributed by atoms with van der Waals surface area (Å²) in [5.41, 5.74) is 8.83. The zero-order valence-electron chi connectivity index (χ0n) is 44.5. The highest BCUT2D eigenvalue weighted by molar-refractivity contribution is 6.23. The largest absolute Gasteiger partial charge is 0.482 e. The molecule has 11 atom stereocenters. The first-order valence-electron chi connectivity index (χ1n) is 26.2. The number of nitrogens with two attached hydrogens (primary N) is 1. The molecule has 396 valence electrons. The maximum Gasteiger partial charge on any atom is 0.333 e. The summed E-state index contributed by atoms with van der Waals surface area (Å²) >= 11 is 0. The maximum absolute atomic E-state index is 15.9. The van der Waals surface area contributed by atoms with Gasteiger partial charge in [0.05, 0.1) is 36.2 Å². The summed E-state index contributed by atoms with van der Waals surface area (Å²) in [6, 6.07) is 7.41. The van der Waals surface area contributed by atoms with Crippen LogP contribution in [0.4, 0.5) is 0 Å². The molecule has 9 aliphatic rings. The Bertz CT molecular complexity index is 2900. The third-order valence-electron chi connectivity index (χ3n) is 16.6. The van der Waals surface area contributed by atoms with Crippen LogP contribution in [0.25, 0.3) is 17.5 Å². The maximum atomic E-state index is 15.9. The van der Waals surface area contributed by atoms with Crippen molar-refractivity contribution < 1.29 is 62.9 Å². The minimum absolute atomic E-state index is 0.0396. The minimum atomic E-state index is -2.31. The molecule has 3 saturated carbocycles. The summed E-state index contributed by atoms with van der Waals surface area (Å²) in [6.45, 7) is 19.6. The van der Waals surface area contributed by atoms with Crippen molar-refractivity contribution in [3.05, 3.63) is 104 Å². The predicted molar refractivity (Wildman–Crippen MR) is 277 cm³/mol. The van der Waals surface area contributed by atoms with Crippen LogP contribution >= 0.6 is 0 Å². The second-order valence-corrected chi connectivity index (χ2v) is 22.9. The van der Waals surface area contributed by atoms with Gasteiger partial charge in [-0.25, -0.2) is 4.79 Å². The lowest BCUT2D eigenvalue weighted by Gasteiger charge is -2.66. The third-order valence-corrected chi connectivity index (χ3v) is 16.6. The molecule has 5 fully saturated rings. The SMILES string of the molecule is COC(=O)/C(C)=C\CC1(O)C(=O)C2CC(C(C)C)C13Oc1c(CC=C(C)C)c4c(c(O[C@H]5O[C@H]6COC(C)(C)O[C@@H]6[C@@H](O)[C@@H]5O)c1C1=C3C2C2=C(c3ccccc3C2=O)N1CCN)C=CC(C)(CCC=C(C)C)O4. The first kappa shape index (κ1) is 52.1. The van der Waals surface area contributed by atoms with Crippen molar-refractivity contribution in [2.75, 3.05) is 26.8 Å². The summed E-state index contributed by atoms with van der Waals surface area (Å²) < 4.78 is 46.2. The van der Waals surface area contributed by atoms with Gasteiger partial charge in [0.1, 0.15) is 47.3 Å². The van der Waals surface area contributed by atoms with E-state index in [4.69, 9.17) is 38.9 Å². The van der Waals surface area contributed by atoms with Crippen molar-refractivity contribution in [3.8, 4) is 17.2 Å². The quantitative estimate of drug-likeness (QED) is 0.0869. The van der Waals surface area contributed by atoms with Crippen molar-refractivity contribution in [3.63, 3.8) is 0 Å². The number of rotatable bonds is 13. The molecule has 1 spiro atoms. The molecular weight excluding hydrogens is 945 g/mol. The fourth-order valence-electron chi connectivity index (χ4n) is 13.1. The normalized spacial score (nSPS) is 32.9. The number of benzene rings is 2. The number of hydrogen-bond acceptors (Lipinski definition) is 15. The van der Waals surface area contributed by atoms with E-state index in [0.29, 0.717) is 68.9 Å². The highest BCUT2D eigenvalue weighted by Crippen LogP contribution is 2.71. The van der Waals surface area contributed by atoms with E-state index >= 15 is 9.59 Å². The van der Waals surface area contributed by atoms with Crippen molar-refractivity contribution in [2.24, 2.45) is 29.4 Å². The molecular formula is C59H72N2O13. The van der Waals surface area contributed by atoms with Gasteiger partial charge in [-0.2, -0.15) is 0 Å². The molecule has 0 amide bonds. The Morgan fingerprint density at radius 2 is 1.68 bits per heavy atom. The molecule has 5 N–H and O–H groups in total. The molecule has 0 radical (unpaired) electrons. The summed E-state index contributed by atoms with van der Waals surface area (Å²) in [4.78, 5) is 46.2. The number of fused-ring (bicyclic) bond motifs is 8. The van der Waals surface area contributed by atoms with Crippen LogP contribution in [0.5, 0.6) is 17.2 Å². The lowest BCUT2D eigenvalue weighted by molar-refractivity contribution is -0.373. The number of methoxy groups -OCH3 is 1. The van der Waals surface area contributed by atoms with Gasteiger partial charge in [0.15, 0.2) is 28.6 Å². The Balaban J connectivity index is 1.32. The minimum Gasteiger partial charge on any atom is -0.482 e. The van der Waals surface area contributed by atoms with E-state index in [9.17, 15) is 20.1 Å². The Kier molecular flexibility index (Phi) is 13.2. The third kappa shape index (κ3) is 7.89. The molecule has 74 heavy (non-hydrogen) atoms. The van der Waals surface area contributed by atoms with Crippen molar-refractivity contribution in [2.45, 2.75) is 155 Å². The number of esters is 1. The van der Waals surface area contributed by atoms with Crippen LogP contribution in [0.15, 0.2) is 76.4 Å². The van der Waals surface area contributed by atoms with Crippen LogP contribution in [0, 0.1) is 23.7 Å². The molecule has 11 rings (SSSR count). The second-order valence-electron chi connectivity index (χ2n) is 22.9. The highest BCUT2D eigenvalue weighted by Gasteiger charge is 2.77. The monoisotopic (exact) mass is 1020 g/mol. The number of ether oxygens (including phenoxy) is 7. The van der Waals surface area contributed by atoms with Crippen LogP contribution in [0.2, 0.25) is 0 Å². The summed E-state index contributed by atoms with van der Waals surface area (Å²) in [6.07, 6.45) is 4.96. The fraction of sp³-hybridized carbons (Fsp3) is 0.542. The van der Waals surface area contributed by atoms with Gasteiger partial charge in [0.2, 0.25) is 6.29 Å². The Morgan fingerprint density at radius 3 is 2.35 bits per heavy atom. The van der Waals surface area contributed by atoms with E-state index in [2.05, 4.69) is 26.0 Å². The number of Topliss-reactive ketones (excluding diaryl/α,β-unsaturated/α-hetero) is 2. The molecule has 2 aromatic rings. The lowest BCUT2D eigenvalue weighted by atomic mass is 9.43. The summed E-state index contributed by atoms with van der Waals surface area (Å²) in [5, 5.41) is 38.0. The Hall–Kier alpha value is -5.39. The first-order valence-corrected chi connectivity index (χ1v) is 26.2. The van der Waals surface area contributed by atoms with Gasteiger partial charge in [-0.05, 0) is 99.1 Å². The van der Waals surface area contributed by atoms with Gasteiger partial charge in [0.25, 0.3) is 0 Å². The van der Waals surface area contributed by atoms with E-state index in [1.807, 2.05) is 69.9 Å². The lowest BCUT2D eigenvalue weighted by Crippen LogP contribution is -2.78. The summed E-state index contributed by atoms with van der Waals surface area (Å²) in [5.74, 6) is -4.01. The molecule has 6 unspecified atom stereocenters. The van der Waals surface area contributed by atoms with Gasteiger partial charge < -0.3 is 59.1 Å². The van der Waals surface area contributed by atoms with Crippen LogP contribution in [0.3, 0.4) is 0 Å². The zero-order valence-corrected chi connectivity index (χ0v) is 44.5. The number of carbonyl (C=O) groups is 3. The number of aliphatic hydroxyl groups excluding tert-OH is 2. The van der Waals surface area contributed by atoms with E-state index in [1.165, 1.54) is 12.7 Å². The first-order chi connectivity index (χ1) is 35.0. The highest BCUT2D eigenvalue weighted by atomic mass is 16.8. The van der Waals surface area contributed by atoms with E-state index in [1.54, 1.807) is 32.9 Å². The number of hydrogen-bond donors (Lipinski definition) is 4. The molecule has 4 aliphatic carbocycles. The van der Waals surface area contributed by atoms with Crippen molar-refractivity contribution in [1.82, 2.24) is 4.90 Å². The summed E-state index contributed by atoms with van der Waals surface area (Å²) in [7, 11) is 1.28. The average Bonchev–Trinajstić information content (AvgIpc) is 3.81. The average molecular weight is 1020 g/mol. The van der Waals surface area contributed by atoms with Gasteiger partial charge >= 0.3 is 5.97 Å². The molecule has 2 saturated heterocycles. The van der Waals surface area contributed by atoms with E-state index in [0.717, 1.165) is 5.57 Å². The Labute approximate surface area is 433 Å². The molecule has 15 nitrogen and oxygen atoms in total. The molecule has 5 heterocycles. The topological polar surface area (TPSA) is 206 Å². The number of nitrogens with zero attached hydrogens (tertiary/aromatic N) is 1. The molecule has 2 aromatic carbocycles. The van der Waals surface area contributed by atoms with Crippen molar-refractivity contribution in [1.29, 1.82) is 0 Å². The van der Waals surface area contributed by atoms with Gasteiger partial charge in [0, 0.05) is 70.7 Å². The predicted octanol–water partition coefficient (Wildman–Crippen LogP) is 7.54. The number of allylic oxidation sites excluding steroid dienone is 5. The number of aliphatic hydroxyl groups is 3. The number of carbonyl (C=O) groups excluding carboxylic acids is 3. The molecule has 2 bridgehead atoms. The molecule has 15 heteroatoms. The van der Waals surface area contributed by atoms with Gasteiger partial charge in [-0.1, -0.05) is 67.5 Å². The van der Waals surface area contributed by atoms with Crippen LogP contribution in [0.1, 0.15) is 128 Å². The van der Waals surface area contributed by atoms with Gasteiger partial charge in [-0.3, -0.25) is 9.59 Å². The molecule has 0 aromatic heterocycles. The molecule has 5 aliphatic heterocycles. The van der Waals surface area contributed by atoms with Crippen LogP contribution in [-0.2, 0) is 35.0 Å². The van der Waals surface area contributed by atoms with Gasteiger partial charge in [-0.15, -0.1) is 0 Å². The van der Waals surface area contributed by atoms with E-state index < -0.39 is 82.8 Å². The fourth-order valence-corrected chi connectivity index (χ4v) is 13.1. The second kappa shape index (κ2) is 18.7. The van der Waals surface area contributed by atoms with E-state index in [-0.39, 0.29) is 67.7 Å². The standard InChI is InChI=1S/C59H72N2O13/c1-29(2)15-14-22-57(10)23-21-36-49(73-57)35(19-18-30(3)4)51-42(50(36)71-55-48(64)47(63)52-39(70-55)28-69-56(8,9)72-52)45-43-40(41-44(61(45)26-25-60)33-16-12-13-17-34(33)46(41)62)37-27-38(31(5)6)59(43,74-51)58(67,53(37)65)24-20-32(7)54(66)68-11/h12-13,15-18,20-21,23,31,37-40,47-48,52,55,63-64,67H,14,19,22,24-28,60H2,1-11H3/b32-20-/t37?,38?,39-,40?,47-,48-,52-,55+,57?,58?,59?/m0/s1. The zero-order chi connectivity index (χ0) is 53.1. The number of ketones is 2. The smallest absolute Gasteiger partial charge is 0.333 e. The van der Waals surface area contributed by atoms with Crippen LogP contribution < -0.4 is 19.9 Å². The van der Waals surface area contributed by atoms with Crippen molar-refractivity contribution >= 4 is 35.0 Å².